The fourth-order valence-electron chi connectivity index (χ4n) is 2.86. The molecule has 0 spiro atoms. The molecular weight excluding hydrogens is 336 g/mol. The van der Waals surface area contributed by atoms with Crippen LogP contribution in [-0.2, 0) is 0 Å². The smallest absolute Gasteiger partial charge is 0.145 e. The third kappa shape index (κ3) is 3.80. The highest BCUT2D eigenvalue weighted by molar-refractivity contribution is 9.10. The molecule has 3 rings (SSSR count). The summed E-state index contributed by atoms with van der Waals surface area (Å²) in [4.78, 5) is 0. The normalized spacial score (nSPS) is 19.4. The summed E-state index contributed by atoms with van der Waals surface area (Å²) in [5.74, 6) is 1.70. The maximum atomic E-state index is 6.34. The number of allylic oxidation sites excluding steroid dienone is 1. The zero-order valence-electron chi connectivity index (χ0n) is 12.8. The molecule has 2 heteroatoms. The molecule has 0 fully saturated rings. The molecule has 0 saturated carbocycles. The van der Waals surface area contributed by atoms with E-state index in [0.717, 1.165) is 29.0 Å². The SMILES string of the molecule is CC1CC=C(C(Oc2ccc(Br)cc2)c2ccccc2)CC1. The van der Waals surface area contributed by atoms with Gasteiger partial charge in [-0.25, -0.2) is 0 Å². The predicted molar refractivity (Wildman–Crippen MR) is 95.1 cm³/mol. The van der Waals surface area contributed by atoms with Gasteiger partial charge in [-0.15, -0.1) is 0 Å². The number of ether oxygens (including phenoxy) is 1. The van der Waals surface area contributed by atoms with Crippen LogP contribution < -0.4 is 4.74 Å². The van der Waals surface area contributed by atoms with Crippen molar-refractivity contribution in [1.82, 2.24) is 0 Å². The summed E-state index contributed by atoms with van der Waals surface area (Å²) in [6.07, 6.45) is 5.93. The molecule has 0 aliphatic heterocycles. The van der Waals surface area contributed by atoms with Crippen molar-refractivity contribution in [2.75, 3.05) is 0 Å². The third-order valence-electron chi connectivity index (χ3n) is 4.21. The summed E-state index contributed by atoms with van der Waals surface area (Å²) < 4.78 is 7.41. The van der Waals surface area contributed by atoms with E-state index in [4.69, 9.17) is 4.74 Å². The van der Waals surface area contributed by atoms with Crippen LogP contribution in [0.1, 0.15) is 37.9 Å². The molecule has 0 saturated heterocycles. The third-order valence-corrected chi connectivity index (χ3v) is 4.74. The van der Waals surface area contributed by atoms with Crippen LogP contribution in [-0.4, -0.2) is 0 Å². The molecule has 22 heavy (non-hydrogen) atoms. The summed E-state index contributed by atoms with van der Waals surface area (Å²) in [7, 11) is 0. The number of halogens is 1. The van der Waals surface area contributed by atoms with Crippen molar-refractivity contribution in [2.45, 2.75) is 32.3 Å². The van der Waals surface area contributed by atoms with Crippen molar-refractivity contribution in [1.29, 1.82) is 0 Å². The summed E-state index contributed by atoms with van der Waals surface area (Å²) in [6.45, 7) is 2.32. The van der Waals surface area contributed by atoms with Gasteiger partial charge < -0.3 is 4.74 Å². The van der Waals surface area contributed by atoms with Gasteiger partial charge in [-0.05, 0) is 60.6 Å². The minimum Gasteiger partial charge on any atom is -0.481 e. The van der Waals surface area contributed by atoms with Crippen LogP contribution in [0.5, 0.6) is 5.75 Å². The molecule has 114 valence electrons. The first kappa shape index (κ1) is 15.4. The number of hydrogen-bond acceptors (Lipinski definition) is 1. The molecule has 1 aliphatic carbocycles. The molecule has 0 heterocycles. The molecule has 0 radical (unpaired) electrons. The van der Waals surface area contributed by atoms with Crippen LogP contribution in [0.15, 0.2) is 70.7 Å². The van der Waals surface area contributed by atoms with Gasteiger partial charge in [0.15, 0.2) is 0 Å². The average Bonchev–Trinajstić information content (AvgIpc) is 2.56. The van der Waals surface area contributed by atoms with E-state index < -0.39 is 0 Å². The van der Waals surface area contributed by atoms with Gasteiger partial charge in [0.05, 0.1) is 0 Å². The molecule has 2 unspecified atom stereocenters. The van der Waals surface area contributed by atoms with Crippen LogP contribution >= 0.6 is 15.9 Å². The van der Waals surface area contributed by atoms with Crippen molar-refractivity contribution in [3.63, 3.8) is 0 Å². The van der Waals surface area contributed by atoms with E-state index in [1.54, 1.807) is 0 Å². The Labute approximate surface area is 141 Å². The minimum absolute atomic E-state index is 0.0230. The second kappa shape index (κ2) is 7.15. The second-order valence-corrected chi connectivity index (χ2v) is 6.94. The molecule has 2 aromatic rings. The Morgan fingerprint density at radius 1 is 1.05 bits per heavy atom. The van der Waals surface area contributed by atoms with E-state index in [1.807, 2.05) is 24.3 Å². The molecule has 0 aromatic heterocycles. The van der Waals surface area contributed by atoms with E-state index in [1.165, 1.54) is 17.6 Å². The molecule has 2 atom stereocenters. The highest BCUT2D eigenvalue weighted by Gasteiger charge is 2.22. The Bertz CT molecular complexity index is 631. The van der Waals surface area contributed by atoms with Gasteiger partial charge in [0, 0.05) is 4.47 Å². The Morgan fingerprint density at radius 2 is 1.77 bits per heavy atom. The van der Waals surface area contributed by atoms with Crippen molar-refractivity contribution in [3.05, 3.63) is 76.3 Å². The van der Waals surface area contributed by atoms with Gasteiger partial charge in [0.1, 0.15) is 11.9 Å². The lowest BCUT2D eigenvalue weighted by atomic mass is 9.86. The largest absolute Gasteiger partial charge is 0.481 e. The summed E-state index contributed by atoms with van der Waals surface area (Å²) in [5, 5.41) is 0. The lowest BCUT2D eigenvalue weighted by Gasteiger charge is -2.27. The van der Waals surface area contributed by atoms with Crippen LogP contribution in [0.3, 0.4) is 0 Å². The fraction of sp³-hybridized carbons (Fsp3) is 0.300. The summed E-state index contributed by atoms with van der Waals surface area (Å²) in [6, 6.07) is 18.6. The Balaban J connectivity index is 1.88. The summed E-state index contributed by atoms with van der Waals surface area (Å²) >= 11 is 3.47. The fourth-order valence-corrected chi connectivity index (χ4v) is 3.12. The van der Waals surface area contributed by atoms with Crippen LogP contribution in [0.25, 0.3) is 0 Å². The highest BCUT2D eigenvalue weighted by atomic mass is 79.9. The highest BCUT2D eigenvalue weighted by Crippen LogP contribution is 2.35. The zero-order chi connectivity index (χ0) is 15.4. The zero-order valence-corrected chi connectivity index (χ0v) is 14.4. The molecule has 1 aliphatic rings. The maximum absolute atomic E-state index is 6.34. The van der Waals surface area contributed by atoms with E-state index in [2.05, 4.69) is 59.3 Å². The van der Waals surface area contributed by atoms with Gasteiger partial charge in [0.25, 0.3) is 0 Å². The van der Waals surface area contributed by atoms with Gasteiger partial charge in [-0.1, -0.05) is 59.3 Å². The van der Waals surface area contributed by atoms with Crippen molar-refractivity contribution < 1.29 is 4.74 Å². The minimum atomic E-state index is 0.0230. The van der Waals surface area contributed by atoms with Gasteiger partial charge in [-0.3, -0.25) is 0 Å². The van der Waals surface area contributed by atoms with Crippen molar-refractivity contribution in [3.8, 4) is 5.75 Å². The van der Waals surface area contributed by atoms with E-state index in [-0.39, 0.29) is 6.10 Å². The first-order chi connectivity index (χ1) is 10.7. The second-order valence-electron chi connectivity index (χ2n) is 6.02. The average molecular weight is 357 g/mol. The van der Waals surface area contributed by atoms with Crippen LogP contribution in [0.4, 0.5) is 0 Å². The molecule has 1 nitrogen and oxygen atoms in total. The van der Waals surface area contributed by atoms with Gasteiger partial charge >= 0.3 is 0 Å². The Morgan fingerprint density at radius 3 is 2.41 bits per heavy atom. The topological polar surface area (TPSA) is 9.23 Å². The van der Waals surface area contributed by atoms with Crippen LogP contribution in [0.2, 0.25) is 0 Å². The quantitative estimate of drug-likeness (QED) is 0.582. The predicted octanol–water partition coefficient (Wildman–Crippen LogP) is 6.32. The maximum Gasteiger partial charge on any atom is 0.145 e. The molecule has 0 N–H and O–H groups in total. The molecular formula is C20H21BrO. The summed E-state index contributed by atoms with van der Waals surface area (Å²) in [5.41, 5.74) is 2.64. The lowest BCUT2D eigenvalue weighted by molar-refractivity contribution is 0.232. The Kier molecular flexibility index (Phi) is 4.99. The molecule has 0 bridgehead atoms. The lowest BCUT2D eigenvalue weighted by Crippen LogP contribution is -2.14. The first-order valence-corrected chi connectivity index (χ1v) is 8.68. The van der Waals surface area contributed by atoms with E-state index in [9.17, 15) is 0 Å². The molecule has 0 amide bonds. The Hall–Kier alpha value is -1.54. The van der Waals surface area contributed by atoms with Crippen LogP contribution in [0, 0.1) is 5.92 Å². The van der Waals surface area contributed by atoms with E-state index >= 15 is 0 Å². The van der Waals surface area contributed by atoms with E-state index in [0.29, 0.717) is 0 Å². The number of hydrogen-bond donors (Lipinski definition) is 0. The number of rotatable bonds is 4. The van der Waals surface area contributed by atoms with Gasteiger partial charge in [0.2, 0.25) is 0 Å². The number of benzene rings is 2. The monoisotopic (exact) mass is 356 g/mol. The van der Waals surface area contributed by atoms with Crippen molar-refractivity contribution >= 4 is 15.9 Å². The van der Waals surface area contributed by atoms with Crippen molar-refractivity contribution in [2.24, 2.45) is 5.92 Å². The van der Waals surface area contributed by atoms with Gasteiger partial charge in [-0.2, -0.15) is 0 Å². The first-order valence-electron chi connectivity index (χ1n) is 7.88. The molecule has 2 aromatic carbocycles. The standard InChI is InChI=1S/C20H21BrO/c1-15-7-9-17(10-8-15)20(16-5-3-2-4-6-16)22-19-13-11-18(21)12-14-19/h2-6,9,11-15,20H,7-8,10H2,1H3.